The Hall–Kier alpha value is -2.93. The van der Waals surface area contributed by atoms with Gasteiger partial charge >= 0.3 is 0 Å². The molecule has 0 aromatic heterocycles. The molecule has 7 nitrogen and oxygen atoms in total. The van der Waals surface area contributed by atoms with Crippen molar-refractivity contribution < 1.29 is 14.5 Å². The van der Waals surface area contributed by atoms with Gasteiger partial charge in [0.25, 0.3) is 11.6 Å². The number of ether oxygens (including phenoxy) is 1. The number of halogens is 1. The van der Waals surface area contributed by atoms with Crippen LogP contribution in [0, 0.1) is 10.1 Å². The second-order valence-corrected chi connectivity index (χ2v) is 5.87. The van der Waals surface area contributed by atoms with Crippen LogP contribution in [0.1, 0.15) is 25.3 Å². The molecule has 1 amide bonds. The van der Waals surface area contributed by atoms with Crippen molar-refractivity contribution in [3.63, 3.8) is 0 Å². The highest BCUT2D eigenvalue weighted by molar-refractivity contribution is 6.30. The van der Waals surface area contributed by atoms with E-state index in [1.54, 1.807) is 36.4 Å². The summed E-state index contributed by atoms with van der Waals surface area (Å²) in [4.78, 5) is 22.6. The number of nitrogens with zero attached hydrogens (tertiary/aromatic N) is 2. The summed E-state index contributed by atoms with van der Waals surface area (Å²) in [7, 11) is 0. The number of carbonyl (C=O) groups is 1. The topological polar surface area (TPSA) is 93.8 Å². The predicted octanol–water partition coefficient (Wildman–Crippen LogP) is 3.95. The average Bonchev–Trinajstić information content (AvgIpc) is 2.63. The first-order chi connectivity index (χ1) is 12.5. The molecule has 0 fully saturated rings. The molecule has 136 valence electrons. The largest absolute Gasteiger partial charge is 0.481 e. The van der Waals surface area contributed by atoms with Crippen molar-refractivity contribution in [3.8, 4) is 5.75 Å². The Morgan fingerprint density at radius 1 is 1.35 bits per heavy atom. The monoisotopic (exact) mass is 375 g/mol. The van der Waals surface area contributed by atoms with Crippen LogP contribution in [0.3, 0.4) is 0 Å². The fourth-order valence-electron chi connectivity index (χ4n) is 2.14. The van der Waals surface area contributed by atoms with Gasteiger partial charge in [-0.1, -0.05) is 37.1 Å². The third-order valence-electron chi connectivity index (χ3n) is 3.40. The van der Waals surface area contributed by atoms with Gasteiger partial charge in [0.05, 0.1) is 11.1 Å². The maximum Gasteiger partial charge on any atom is 0.281 e. The van der Waals surface area contributed by atoms with Crippen LogP contribution in [0.25, 0.3) is 0 Å². The second-order valence-electron chi connectivity index (χ2n) is 5.44. The fourth-order valence-corrected chi connectivity index (χ4v) is 2.27. The van der Waals surface area contributed by atoms with E-state index in [0.29, 0.717) is 22.8 Å². The lowest BCUT2D eigenvalue weighted by atomic mass is 10.2. The summed E-state index contributed by atoms with van der Waals surface area (Å²) in [6, 6.07) is 12.7. The molecular formula is C18H18ClN3O4. The van der Waals surface area contributed by atoms with Crippen LogP contribution in [0.4, 0.5) is 5.69 Å². The van der Waals surface area contributed by atoms with Gasteiger partial charge in [-0.3, -0.25) is 14.9 Å². The first-order valence-electron chi connectivity index (χ1n) is 7.99. The van der Waals surface area contributed by atoms with Crippen LogP contribution in [0.2, 0.25) is 5.02 Å². The van der Waals surface area contributed by atoms with Gasteiger partial charge in [0.2, 0.25) is 0 Å². The van der Waals surface area contributed by atoms with Crippen LogP contribution in [0.15, 0.2) is 53.6 Å². The van der Waals surface area contributed by atoms with Gasteiger partial charge in [-0.15, -0.1) is 0 Å². The number of hydrazone groups is 1. The van der Waals surface area contributed by atoms with E-state index in [2.05, 4.69) is 10.5 Å². The summed E-state index contributed by atoms with van der Waals surface area (Å²) in [5.41, 5.74) is 2.86. The van der Waals surface area contributed by atoms with E-state index in [1.807, 2.05) is 6.92 Å². The quantitative estimate of drug-likeness (QED) is 0.429. The SMILES string of the molecule is CCC[C@@H](Oc1ccc(Cl)cc1)C(=O)N/N=C\c1cccc([N+](=O)[O-])c1. The molecule has 0 unspecified atom stereocenters. The Morgan fingerprint density at radius 3 is 2.73 bits per heavy atom. The number of amides is 1. The zero-order valence-electron chi connectivity index (χ0n) is 14.1. The molecule has 0 heterocycles. The van der Waals surface area contributed by atoms with Gasteiger partial charge in [0, 0.05) is 22.7 Å². The highest BCUT2D eigenvalue weighted by Crippen LogP contribution is 2.18. The van der Waals surface area contributed by atoms with Gasteiger partial charge in [-0.2, -0.15) is 5.10 Å². The molecule has 0 spiro atoms. The number of nitro benzene ring substituents is 1. The van der Waals surface area contributed by atoms with Crippen molar-refractivity contribution in [2.24, 2.45) is 5.10 Å². The van der Waals surface area contributed by atoms with E-state index in [9.17, 15) is 14.9 Å². The molecule has 2 rings (SSSR count). The average molecular weight is 376 g/mol. The highest BCUT2D eigenvalue weighted by Gasteiger charge is 2.19. The van der Waals surface area contributed by atoms with Gasteiger partial charge < -0.3 is 4.74 Å². The van der Waals surface area contributed by atoms with E-state index in [4.69, 9.17) is 16.3 Å². The van der Waals surface area contributed by atoms with Gasteiger partial charge in [0.1, 0.15) is 5.75 Å². The third kappa shape index (κ3) is 5.86. The molecule has 1 atom stereocenters. The molecule has 8 heteroatoms. The molecule has 2 aromatic rings. The Balaban J connectivity index is 1.99. The smallest absolute Gasteiger partial charge is 0.281 e. The van der Waals surface area contributed by atoms with Crippen molar-refractivity contribution in [2.45, 2.75) is 25.9 Å². The van der Waals surface area contributed by atoms with E-state index in [1.165, 1.54) is 18.3 Å². The summed E-state index contributed by atoms with van der Waals surface area (Å²) in [5, 5.41) is 15.2. The Morgan fingerprint density at radius 2 is 2.08 bits per heavy atom. The van der Waals surface area contributed by atoms with Crippen molar-refractivity contribution in [1.29, 1.82) is 0 Å². The molecule has 0 aliphatic rings. The number of nitrogens with one attached hydrogen (secondary N) is 1. The van der Waals surface area contributed by atoms with Crippen molar-refractivity contribution in [2.75, 3.05) is 0 Å². The third-order valence-corrected chi connectivity index (χ3v) is 3.66. The maximum atomic E-state index is 12.3. The zero-order chi connectivity index (χ0) is 18.9. The summed E-state index contributed by atoms with van der Waals surface area (Å²) in [6.07, 6.45) is 1.90. The van der Waals surface area contributed by atoms with Crippen LogP contribution >= 0.6 is 11.6 Å². The lowest BCUT2D eigenvalue weighted by Gasteiger charge is -2.16. The molecule has 0 aliphatic carbocycles. The lowest BCUT2D eigenvalue weighted by molar-refractivity contribution is -0.384. The minimum atomic E-state index is -0.705. The van der Waals surface area contributed by atoms with Gasteiger partial charge in [-0.25, -0.2) is 5.43 Å². The molecule has 0 radical (unpaired) electrons. The number of benzene rings is 2. The van der Waals surface area contributed by atoms with E-state index in [0.717, 1.165) is 6.42 Å². The molecule has 0 aliphatic heterocycles. The number of rotatable bonds is 8. The number of non-ortho nitro benzene ring substituents is 1. The minimum absolute atomic E-state index is 0.0461. The second kappa shape index (κ2) is 9.53. The van der Waals surface area contributed by atoms with Gasteiger partial charge in [-0.05, 0) is 30.7 Å². The van der Waals surface area contributed by atoms with E-state index < -0.39 is 16.9 Å². The van der Waals surface area contributed by atoms with Crippen molar-refractivity contribution in [1.82, 2.24) is 5.43 Å². The number of hydrogen-bond acceptors (Lipinski definition) is 5. The molecule has 2 aromatic carbocycles. The predicted molar refractivity (Wildman–Crippen MR) is 99.6 cm³/mol. The summed E-state index contributed by atoms with van der Waals surface area (Å²) >= 11 is 5.83. The van der Waals surface area contributed by atoms with Crippen LogP contribution in [-0.4, -0.2) is 23.1 Å². The van der Waals surface area contributed by atoms with Crippen molar-refractivity contribution >= 4 is 29.4 Å². The van der Waals surface area contributed by atoms with Crippen LogP contribution < -0.4 is 10.2 Å². The zero-order valence-corrected chi connectivity index (χ0v) is 14.8. The Bertz CT molecular complexity index is 793. The number of nitro groups is 1. The minimum Gasteiger partial charge on any atom is -0.481 e. The van der Waals surface area contributed by atoms with Crippen LogP contribution in [0.5, 0.6) is 5.75 Å². The summed E-state index contributed by atoms with van der Waals surface area (Å²) in [6.45, 7) is 1.94. The number of carbonyl (C=O) groups excluding carboxylic acids is 1. The summed E-state index contributed by atoms with van der Waals surface area (Å²) < 4.78 is 5.69. The molecule has 1 N–H and O–H groups in total. The van der Waals surface area contributed by atoms with Crippen LogP contribution in [-0.2, 0) is 4.79 Å². The molecular weight excluding hydrogens is 358 g/mol. The highest BCUT2D eigenvalue weighted by atomic mass is 35.5. The van der Waals surface area contributed by atoms with E-state index in [-0.39, 0.29) is 5.69 Å². The fraction of sp³-hybridized carbons (Fsp3) is 0.222. The van der Waals surface area contributed by atoms with Crippen molar-refractivity contribution in [3.05, 3.63) is 69.2 Å². The number of hydrogen-bond donors (Lipinski definition) is 1. The van der Waals surface area contributed by atoms with Gasteiger partial charge in [0.15, 0.2) is 6.10 Å². The standard InChI is InChI=1S/C18H18ClN3O4/c1-2-4-17(26-16-9-7-14(19)8-10-16)18(23)21-20-12-13-5-3-6-15(11-13)22(24)25/h3,5-12,17H,2,4H2,1H3,(H,21,23)/b20-12-/t17-/m1/s1. The maximum absolute atomic E-state index is 12.3. The summed E-state index contributed by atoms with van der Waals surface area (Å²) in [5.74, 6) is 0.133. The first kappa shape index (κ1) is 19.4. The Kier molecular flexibility index (Phi) is 7.11. The van der Waals surface area contributed by atoms with E-state index >= 15 is 0 Å². The molecule has 0 bridgehead atoms. The lowest BCUT2D eigenvalue weighted by Crippen LogP contribution is -2.35. The Labute approximate surface area is 155 Å². The molecule has 0 saturated heterocycles. The normalized spacial score (nSPS) is 11.9. The molecule has 0 saturated carbocycles. The molecule has 26 heavy (non-hydrogen) atoms. The first-order valence-corrected chi connectivity index (χ1v) is 8.37.